The predicted molar refractivity (Wildman–Crippen MR) is 83.2 cm³/mol. The topological polar surface area (TPSA) is 0 Å². The van der Waals surface area contributed by atoms with Crippen LogP contribution in [-0.4, -0.2) is 47.4 Å². The number of alkyl halides is 16. The lowest BCUT2D eigenvalue weighted by atomic mass is 9.93. The lowest BCUT2D eigenvalue weighted by Crippen LogP contribution is -2.42. The summed E-state index contributed by atoms with van der Waals surface area (Å²) in [7, 11) is 0. The highest BCUT2D eigenvalue weighted by atomic mass is 19.3. The molecule has 0 aliphatic carbocycles. The largest absolute Gasteiger partial charge is 0.259 e. The average Bonchev–Trinajstić information content (AvgIpc) is 2.20. The summed E-state index contributed by atoms with van der Waals surface area (Å²) in [5, 5.41) is 0. The third-order valence-electron chi connectivity index (χ3n) is 3.72. The summed E-state index contributed by atoms with van der Waals surface area (Å²) in [4.78, 5) is 0. The molecule has 0 N–H and O–H groups in total. The van der Waals surface area contributed by atoms with Crippen LogP contribution in [0.5, 0.6) is 0 Å². The van der Waals surface area contributed by atoms with Gasteiger partial charge in [-0.25, -0.2) is 70.2 Å². The van der Waals surface area contributed by atoms with Gasteiger partial charge in [-0.1, -0.05) is 0 Å². The minimum atomic E-state index is -5.31. The van der Waals surface area contributed by atoms with Gasteiger partial charge in [-0.2, -0.15) is 0 Å². The summed E-state index contributed by atoms with van der Waals surface area (Å²) < 4.78 is 212. The second kappa shape index (κ2) is 9.50. The molecule has 0 aliphatic rings. The summed E-state index contributed by atoms with van der Waals surface area (Å²) >= 11 is 0. The molecule has 0 aromatic rings. The molecule has 200 valence electrons. The lowest BCUT2D eigenvalue weighted by molar-refractivity contribution is -0.207. The van der Waals surface area contributed by atoms with E-state index in [9.17, 15) is 70.2 Å². The zero-order chi connectivity index (χ0) is 26.9. The Hall–Kier alpha value is -1.12. The maximum absolute atomic E-state index is 13.6. The molecular weight excluding hydrogens is 508 g/mol. The van der Waals surface area contributed by atoms with Crippen LogP contribution in [0.4, 0.5) is 70.2 Å². The third-order valence-corrected chi connectivity index (χ3v) is 3.72. The van der Waals surface area contributed by atoms with E-state index in [0.29, 0.717) is 0 Å². The van der Waals surface area contributed by atoms with Crippen molar-refractivity contribution in [3.05, 3.63) is 0 Å². The van der Waals surface area contributed by atoms with E-state index < -0.39 is 92.3 Å². The molecule has 0 rings (SSSR count). The first-order chi connectivity index (χ1) is 13.9. The molecular formula is C17H20F16. The molecule has 0 aromatic heterocycles. The molecule has 33 heavy (non-hydrogen) atoms. The number of rotatable bonds is 14. The zero-order valence-electron chi connectivity index (χ0n) is 17.0. The first-order valence-electron chi connectivity index (χ1n) is 8.97. The van der Waals surface area contributed by atoms with Crippen molar-refractivity contribution in [3.8, 4) is 0 Å². The van der Waals surface area contributed by atoms with Crippen LogP contribution in [-0.2, 0) is 0 Å². The van der Waals surface area contributed by atoms with Crippen LogP contribution >= 0.6 is 0 Å². The molecule has 0 saturated heterocycles. The summed E-state index contributed by atoms with van der Waals surface area (Å²) in [5.41, 5.74) is 0. The van der Waals surface area contributed by atoms with E-state index in [-0.39, 0.29) is 13.8 Å². The minimum absolute atomic E-state index is 0.0838. The Morgan fingerprint density at radius 3 is 0.515 bits per heavy atom. The van der Waals surface area contributed by atoms with Crippen molar-refractivity contribution in [1.82, 2.24) is 0 Å². The molecule has 0 bridgehead atoms. The summed E-state index contributed by atoms with van der Waals surface area (Å²) in [5.74, 6) is -39.2. The van der Waals surface area contributed by atoms with Crippen molar-refractivity contribution in [2.75, 3.05) is 0 Å². The van der Waals surface area contributed by atoms with E-state index in [4.69, 9.17) is 0 Å². The summed E-state index contributed by atoms with van der Waals surface area (Å²) in [6.07, 6.45) is -20.0. The lowest BCUT2D eigenvalue weighted by Gasteiger charge is -2.31. The van der Waals surface area contributed by atoms with Gasteiger partial charge in [0.1, 0.15) is 0 Å². The summed E-state index contributed by atoms with van der Waals surface area (Å²) in [6.45, 7) is -0.168. The van der Waals surface area contributed by atoms with Gasteiger partial charge < -0.3 is 0 Å². The molecule has 0 radical (unpaired) electrons. The first-order valence-corrected chi connectivity index (χ1v) is 8.97. The Bertz CT molecular complexity index is 572. The smallest absolute Gasteiger partial charge is 0.207 e. The minimum Gasteiger partial charge on any atom is -0.207 e. The van der Waals surface area contributed by atoms with E-state index in [2.05, 4.69) is 0 Å². The maximum atomic E-state index is 13.6. The molecule has 0 nitrogen and oxygen atoms in total. The highest BCUT2D eigenvalue weighted by Gasteiger charge is 2.57. The van der Waals surface area contributed by atoms with Crippen LogP contribution in [0.3, 0.4) is 0 Å². The molecule has 0 amide bonds. The van der Waals surface area contributed by atoms with Crippen molar-refractivity contribution in [2.24, 2.45) is 0 Å². The molecule has 0 unspecified atom stereocenters. The van der Waals surface area contributed by atoms with E-state index >= 15 is 0 Å². The van der Waals surface area contributed by atoms with Crippen LogP contribution in [0.25, 0.3) is 0 Å². The van der Waals surface area contributed by atoms with Crippen LogP contribution < -0.4 is 0 Å². The Labute approximate surface area is 177 Å². The van der Waals surface area contributed by atoms with Gasteiger partial charge in [-0.05, 0) is 13.8 Å². The Morgan fingerprint density at radius 1 is 0.273 bits per heavy atom. The van der Waals surface area contributed by atoms with Gasteiger partial charge in [0.15, 0.2) is 0 Å². The standard InChI is InChI=1S/C17H20F16/c1-10(18,19)3-12(22,23)5-14(26,27)7-16(30,31)9-17(32,33)8-15(28,29)6-13(24,25)4-11(2,20)21/h3-9H2,1-2H3. The molecule has 0 heterocycles. The maximum Gasteiger partial charge on any atom is 0.259 e. The van der Waals surface area contributed by atoms with Gasteiger partial charge in [0, 0.05) is 0 Å². The molecule has 0 spiro atoms. The van der Waals surface area contributed by atoms with E-state index in [0.717, 1.165) is 0 Å². The number of hydrogen-bond donors (Lipinski definition) is 0. The molecule has 0 aliphatic heterocycles. The van der Waals surface area contributed by atoms with Crippen LogP contribution in [0.15, 0.2) is 0 Å². The van der Waals surface area contributed by atoms with Crippen molar-refractivity contribution in [3.63, 3.8) is 0 Å². The fraction of sp³-hybridized carbons (Fsp3) is 1.00. The van der Waals surface area contributed by atoms with Gasteiger partial charge in [-0.3, -0.25) is 0 Å². The van der Waals surface area contributed by atoms with Gasteiger partial charge in [0.2, 0.25) is 0 Å². The fourth-order valence-corrected chi connectivity index (χ4v) is 3.18. The van der Waals surface area contributed by atoms with E-state index in [1.54, 1.807) is 0 Å². The normalized spacial score (nSPS) is 15.8. The average molecular weight is 528 g/mol. The predicted octanol–water partition coefficient (Wildman–Crippen LogP) is 8.84. The van der Waals surface area contributed by atoms with Gasteiger partial charge in [0.05, 0.1) is 44.9 Å². The molecule has 16 heteroatoms. The Kier molecular flexibility index (Phi) is 9.17. The van der Waals surface area contributed by atoms with Crippen LogP contribution in [0.1, 0.15) is 58.8 Å². The second-order valence-electron chi connectivity index (χ2n) is 8.51. The number of halogens is 16. The molecule has 0 atom stereocenters. The highest BCUT2D eigenvalue weighted by molar-refractivity contribution is 4.91. The van der Waals surface area contributed by atoms with Gasteiger partial charge in [-0.15, -0.1) is 0 Å². The third kappa shape index (κ3) is 15.4. The monoisotopic (exact) mass is 528 g/mol. The zero-order valence-corrected chi connectivity index (χ0v) is 17.0. The van der Waals surface area contributed by atoms with Crippen LogP contribution in [0.2, 0.25) is 0 Å². The van der Waals surface area contributed by atoms with Gasteiger partial charge in [0.25, 0.3) is 47.4 Å². The quantitative estimate of drug-likeness (QED) is 0.198. The van der Waals surface area contributed by atoms with Gasteiger partial charge >= 0.3 is 0 Å². The van der Waals surface area contributed by atoms with E-state index in [1.165, 1.54) is 0 Å². The van der Waals surface area contributed by atoms with Crippen molar-refractivity contribution in [2.45, 2.75) is 106 Å². The molecule has 0 aromatic carbocycles. The number of hydrogen-bond acceptors (Lipinski definition) is 0. The van der Waals surface area contributed by atoms with Crippen molar-refractivity contribution < 1.29 is 70.2 Å². The molecule has 0 fully saturated rings. The second-order valence-corrected chi connectivity index (χ2v) is 8.51. The Balaban J connectivity index is 5.27. The highest BCUT2D eigenvalue weighted by Crippen LogP contribution is 2.48. The summed E-state index contributed by atoms with van der Waals surface area (Å²) in [6, 6.07) is 0. The first kappa shape index (κ1) is 31.9. The SMILES string of the molecule is CC(F)(F)CC(F)(F)CC(F)(F)CC(F)(F)CC(F)(F)CC(F)(F)CC(F)(F)CC(C)(F)F. The Morgan fingerprint density at radius 2 is 0.394 bits per heavy atom. The fourth-order valence-electron chi connectivity index (χ4n) is 3.18. The molecule has 0 saturated carbocycles. The van der Waals surface area contributed by atoms with Crippen LogP contribution in [0, 0.1) is 0 Å². The van der Waals surface area contributed by atoms with Crippen molar-refractivity contribution >= 4 is 0 Å². The van der Waals surface area contributed by atoms with Crippen molar-refractivity contribution in [1.29, 1.82) is 0 Å². The van der Waals surface area contributed by atoms with E-state index in [1.807, 2.05) is 0 Å².